The molecule has 1 N–H and O–H groups in total. The SMILES string of the molecule is CCCCCCNCc1cc(OCC)c(OCc2ccc(C)cc2)cc1Br. The first kappa shape index (κ1) is 21.8. The zero-order valence-electron chi connectivity index (χ0n) is 16.8. The van der Waals surface area contributed by atoms with Gasteiger partial charge in [0.2, 0.25) is 0 Å². The van der Waals surface area contributed by atoms with Gasteiger partial charge in [0.05, 0.1) is 6.61 Å². The number of hydrogen-bond acceptors (Lipinski definition) is 3. The lowest BCUT2D eigenvalue weighted by Gasteiger charge is -2.15. The van der Waals surface area contributed by atoms with Crippen LogP contribution in [-0.2, 0) is 13.2 Å². The van der Waals surface area contributed by atoms with Gasteiger partial charge in [-0.15, -0.1) is 0 Å². The predicted molar refractivity (Wildman–Crippen MR) is 117 cm³/mol. The van der Waals surface area contributed by atoms with Gasteiger partial charge in [-0.05, 0) is 50.1 Å². The monoisotopic (exact) mass is 433 g/mol. The van der Waals surface area contributed by atoms with Gasteiger partial charge in [-0.3, -0.25) is 0 Å². The van der Waals surface area contributed by atoms with Gasteiger partial charge in [0.1, 0.15) is 6.61 Å². The fraction of sp³-hybridized carbons (Fsp3) is 0.478. The Morgan fingerprint density at radius 1 is 0.926 bits per heavy atom. The topological polar surface area (TPSA) is 30.5 Å². The van der Waals surface area contributed by atoms with Crippen molar-refractivity contribution in [2.75, 3.05) is 13.2 Å². The van der Waals surface area contributed by atoms with Crippen molar-refractivity contribution in [3.05, 3.63) is 57.6 Å². The lowest BCUT2D eigenvalue weighted by Crippen LogP contribution is -2.15. The van der Waals surface area contributed by atoms with Gasteiger partial charge in [-0.25, -0.2) is 0 Å². The zero-order valence-corrected chi connectivity index (χ0v) is 18.4. The van der Waals surface area contributed by atoms with E-state index in [4.69, 9.17) is 9.47 Å². The highest BCUT2D eigenvalue weighted by Crippen LogP contribution is 2.34. The van der Waals surface area contributed by atoms with E-state index in [1.165, 1.54) is 36.8 Å². The van der Waals surface area contributed by atoms with Crippen LogP contribution in [0.15, 0.2) is 40.9 Å². The highest BCUT2D eigenvalue weighted by Gasteiger charge is 2.11. The summed E-state index contributed by atoms with van der Waals surface area (Å²) in [5, 5.41) is 3.53. The second kappa shape index (κ2) is 12.0. The Kier molecular flexibility index (Phi) is 9.71. The molecule has 0 unspecified atom stereocenters. The summed E-state index contributed by atoms with van der Waals surface area (Å²) in [5.74, 6) is 1.58. The van der Waals surface area contributed by atoms with E-state index >= 15 is 0 Å². The highest BCUT2D eigenvalue weighted by molar-refractivity contribution is 9.10. The second-order valence-electron chi connectivity index (χ2n) is 6.84. The summed E-state index contributed by atoms with van der Waals surface area (Å²) in [5.41, 5.74) is 3.59. The van der Waals surface area contributed by atoms with Crippen LogP contribution in [0.1, 0.15) is 56.2 Å². The quantitative estimate of drug-likeness (QED) is 0.392. The molecular formula is C23H32BrNO2. The van der Waals surface area contributed by atoms with Gasteiger partial charge in [-0.2, -0.15) is 0 Å². The molecule has 0 aliphatic rings. The summed E-state index contributed by atoms with van der Waals surface area (Å²) in [6, 6.07) is 12.5. The van der Waals surface area contributed by atoms with Crippen molar-refractivity contribution in [3.63, 3.8) is 0 Å². The van der Waals surface area contributed by atoms with Gasteiger partial charge in [0, 0.05) is 11.0 Å². The van der Waals surface area contributed by atoms with Gasteiger partial charge in [-0.1, -0.05) is 71.9 Å². The molecule has 0 atom stereocenters. The molecule has 3 nitrogen and oxygen atoms in total. The molecule has 148 valence electrons. The Hall–Kier alpha value is -1.52. The van der Waals surface area contributed by atoms with Crippen molar-refractivity contribution in [2.45, 2.75) is 59.6 Å². The second-order valence-corrected chi connectivity index (χ2v) is 7.69. The molecule has 0 fully saturated rings. The smallest absolute Gasteiger partial charge is 0.162 e. The minimum absolute atomic E-state index is 0.530. The van der Waals surface area contributed by atoms with Crippen LogP contribution < -0.4 is 14.8 Å². The maximum atomic E-state index is 6.05. The molecule has 0 saturated carbocycles. The molecule has 4 heteroatoms. The van der Waals surface area contributed by atoms with E-state index in [9.17, 15) is 0 Å². The van der Waals surface area contributed by atoms with Crippen LogP contribution in [0.2, 0.25) is 0 Å². The standard InChI is InChI=1S/C23H32BrNO2/c1-4-6-7-8-13-25-16-20-14-22(26-5-2)23(15-21(20)24)27-17-19-11-9-18(3)10-12-19/h9-12,14-15,25H,4-8,13,16-17H2,1-3H3. The van der Waals surface area contributed by atoms with Crippen molar-refractivity contribution in [2.24, 2.45) is 0 Å². The Balaban J connectivity index is 1.98. The van der Waals surface area contributed by atoms with Crippen molar-refractivity contribution in [1.82, 2.24) is 5.32 Å². The minimum atomic E-state index is 0.530. The third-order valence-electron chi connectivity index (χ3n) is 4.45. The van der Waals surface area contributed by atoms with Gasteiger partial charge >= 0.3 is 0 Å². The molecule has 0 aliphatic heterocycles. The molecular weight excluding hydrogens is 402 g/mol. The summed E-state index contributed by atoms with van der Waals surface area (Å²) >= 11 is 3.69. The number of nitrogens with one attached hydrogen (secondary N) is 1. The molecule has 0 heterocycles. The van der Waals surface area contributed by atoms with Crippen LogP contribution in [0.4, 0.5) is 0 Å². The normalized spacial score (nSPS) is 10.8. The van der Waals surface area contributed by atoms with E-state index in [1.807, 2.05) is 13.0 Å². The molecule has 0 spiro atoms. The maximum Gasteiger partial charge on any atom is 0.162 e. The zero-order chi connectivity index (χ0) is 19.5. The number of rotatable bonds is 12. The number of hydrogen-bond donors (Lipinski definition) is 1. The Bertz CT molecular complexity index is 686. The van der Waals surface area contributed by atoms with Crippen LogP contribution in [0, 0.1) is 6.92 Å². The molecule has 0 bridgehead atoms. The highest BCUT2D eigenvalue weighted by atomic mass is 79.9. The molecule has 2 rings (SSSR count). The number of ether oxygens (including phenoxy) is 2. The minimum Gasteiger partial charge on any atom is -0.490 e. The van der Waals surface area contributed by atoms with E-state index in [0.29, 0.717) is 13.2 Å². The molecule has 27 heavy (non-hydrogen) atoms. The summed E-state index contributed by atoms with van der Waals surface area (Å²) in [6.07, 6.45) is 5.10. The first-order chi connectivity index (χ1) is 13.1. The predicted octanol–water partition coefficient (Wildman–Crippen LogP) is 6.41. The van der Waals surface area contributed by atoms with Crippen LogP contribution in [0.5, 0.6) is 11.5 Å². The maximum absolute atomic E-state index is 6.05. The van der Waals surface area contributed by atoms with Crippen molar-refractivity contribution in [1.29, 1.82) is 0 Å². The van der Waals surface area contributed by atoms with Crippen molar-refractivity contribution >= 4 is 15.9 Å². The molecule has 2 aromatic carbocycles. The third kappa shape index (κ3) is 7.55. The fourth-order valence-electron chi connectivity index (χ4n) is 2.84. The van der Waals surface area contributed by atoms with Crippen molar-refractivity contribution < 1.29 is 9.47 Å². The summed E-state index contributed by atoms with van der Waals surface area (Å²) in [6.45, 7) is 9.34. The Labute approximate surface area is 172 Å². The van der Waals surface area contributed by atoms with E-state index in [2.05, 4.69) is 65.4 Å². The first-order valence-electron chi connectivity index (χ1n) is 9.98. The van der Waals surface area contributed by atoms with Gasteiger partial charge in [0.25, 0.3) is 0 Å². The van der Waals surface area contributed by atoms with E-state index in [-0.39, 0.29) is 0 Å². The number of halogens is 1. The fourth-order valence-corrected chi connectivity index (χ4v) is 3.30. The van der Waals surface area contributed by atoms with Gasteiger partial charge < -0.3 is 14.8 Å². The Morgan fingerprint density at radius 3 is 2.37 bits per heavy atom. The number of benzene rings is 2. The van der Waals surface area contributed by atoms with E-state index < -0.39 is 0 Å². The first-order valence-corrected chi connectivity index (χ1v) is 10.8. The summed E-state index contributed by atoms with van der Waals surface area (Å²) in [4.78, 5) is 0. The lowest BCUT2D eigenvalue weighted by molar-refractivity contribution is 0.269. The molecule has 0 radical (unpaired) electrons. The lowest BCUT2D eigenvalue weighted by atomic mass is 10.1. The third-order valence-corrected chi connectivity index (χ3v) is 5.19. The average molecular weight is 434 g/mol. The van der Waals surface area contributed by atoms with E-state index in [1.54, 1.807) is 0 Å². The molecule has 0 aromatic heterocycles. The molecule has 2 aromatic rings. The Morgan fingerprint density at radius 2 is 1.67 bits per heavy atom. The van der Waals surface area contributed by atoms with Crippen LogP contribution in [-0.4, -0.2) is 13.2 Å². The number of unbranched alkanes of at least 4 members (excludes halogenated alkanes) is 3. The number of aryl methyl sites for hydroxylation is 1. The molecule has 0 saturated heterocycles. The largest absolute Gasteiger partial charge is 0.490 e. The van der Waals surface area contributed by atoms with Crippen molar-refractivity contribution in [3.8, 4) is 11.5 Å². The average Bonchev–Trinajstić information content (AvgIpc) is 2.67. The van der Waals surface area contributed by atoms with Gasteiger partial charge in [0.15, 0.2) is 11.5 Å². The molecule has 0 aliphatic carbocycles. The van der Waals surface area contributed by atoms with Crippen LogP contribution in [0.3, 0.4) is 0 Å². The summed E-state index contributed by atoms with van der Waals surface area (Å²) < 4.78 is 12.9. The van der Waals surface area contributed by atoms with Crippen LogP contribution >= 0.6 is 15.9 Å². The van der Waals surface area contributed by atoms with E-state index in [0.717, 1.165) is 34.6 Å². The molecule has 0 amide bonds. The summed E-state index contributed by atoms with van der Waals surface area (Å²) in [7, 11) is 0. The van der Waals surface area contributed by atoms with Crippen LogP contribution in [0.25, 0.3) is 0 Å².